The van der Waals surface area contributed by atoms with E-state index in [1.54, 1.807) is 0 Å². The summed E-state index contributed by atoms with van der Waals surface area (Å²) in [5.74, 6) is -0.822. The average Bonchev–Trinajstić information content (AvgIpc) is 3.43. The average molecular weight is 1090 g/mol. The van der Waals surface area contributed by atoms with Gasteiger partial charge >= 0.3 is 17.9 Å². The first-order valence-corrected chi connectivity index (χ1v) is 35.5. The van der Waals surface area contributed by atoms with Crippen molar-refractivity contribution >= 4 is 17.9 Å². The third-order valence-electron chi connectivity index (χ3n) is 16.6. The zero-order chi connectivity index (χ0) is 55.7. The predicted molar refractivity (Wildman–Crippen MR) is 335 cm³/mol. The van der Waals surface area contributed by atoms with Crippen molar-refractivity contribution in [3.05, 3.63) is 0 Å². The number of carbonyl (C=O) groups excluding carboxylic acids is 3. The maximum atomic E-state index is 12.9. The van der Waals surface area contributed by atoms with E-state index in [0.29, 0.717) is 19.3 Å². The van der Waals surface area contributed by atoms with Crippen LogP contribution in [0.2, 0.25) is 0 Å². The van der Waals surface area contributed by atoms with Gasteiger partial charge in [-0.1, -0.05) is 380 Å². The van der Waals surface area contributed by atoms with Gasteiger partial charge in [0.2, 0.25) is 0 Å². The quantitative estimate of drug-likeness (QED) is 0.0343. The second kappa shape index (κ2) is 66.9. The molecule has 6 heteroatoms. The minimum Gasteiger partial charge on any atom is -0.462 e. The van der Waals surface area contributed by atoms with E-state index in [-0.39, 0.29) is 31.1 Å². The first kappa shape index (κ1) is 75.4. The summed E-state index contributed by atoms with van der Waals surface area (Å²) in [6, 6.07) is 0. The SMILES string of the molecule is CCCCCCCCCCCCCCCCCCCCCCCCCCCCCCC(=O)OCC(COC(=O)CCCCCCCCCCCCCC)OC(=O)CCCCCCCCCCCCCCCCCCCCC. The topological polar surface area (TPSA) is 78.9 Å². The molecule has 0 aromatic heterocycles. The largest absolute Gasteiger partial charge is 0.462 e. The number of carbonyl (C=O) groups is 3. The minimum absolute atomic E-state index is 0.0603. The summed E-state index contributed by atoms with van der Waals surface area (Å²) in [6.07, 6.45) is 78.6. The normalized spacial score (nSPS) is 11.9. The van der Waals surface area contributed by atoms with Gasteiger partial charge in [0, 0.05) is 19.3 Å². The van der Waals surface area contributed by atoms with Crippen LogP contribution in [0.4, 0.5) is 0 Å². The molecule has 0 aromatic rings. The van der Waals surface area contributed by atoms with E-state index in [9.17, 15) is 14.4 Å². The molecule has 1 atom stereocenters. The molecule has 0 amide bonds. The maximum absolute atomic E-state index is 12.9. The Bertz CT molecular complexity index is 1160. The number of unbranched alkanes of at least 4 members (excludes halogenated alkanes) is 56. The van der Waals surface area contributed by atoms with Gasteiger partial charge in [-0.3, -0.25) is 14.4 Å². The first-order chi connectivity index (χ1) is 38.0. The van der Waals surface area contributed by atoms with E-state index in [1.807, 2.05) is 0 Å². The summed E-state index contributed by atoms with van der Waals surface area (Å²) in [5.41, 5.74) is 0. The molecule has 0 aliphatic rings. The summed E-state index contributed by atoms with van der Waals surface area (Å²) in [6.45, 7) is 6.74. The fourth-order valence-corrected chi connectivity index (χ4v) is 11.3. The highest BCUT2D eigenvalue weighted by Gasteiger charge is 2.19. The van der Waals surface area contributed by atoms with E-state index < -0.39 is 6.10 Å². The molecule has 0 radical (unpaired) electrons. The molecule has 0 fully saturated rings. The lowest BCUT2D eigenvalue weighted by molar-refractivity contribution is -0.167. The molecule has 0 saturated carbocycles. The standard InChI is InChI=1S/C71H138O6/c1-4-7-10-13-16-19-22-25-27-29-31-32-33-34-35-36-37-38-39-41-42-44-46-49-52-55-58-61-64-70(73)76-67-68(66-75-69(72)63-60-57-54-51-48-24-21-18-15-12-9-6-3)77-71(74)65-62-59-56-53-50-47-45-43-40-30-28-26-23-20-17-14-11-8-5-2/h68H,4-67H2,1-3H3. The Balaban J connectivity index is 4.13. The molecule has 0 bridgehead atoms. The summed E-state index contributed by atoms with van der Waals surface area (Å²) in [4.78, 5) is 38.4. The van der Waals surface area contributed by atoms with Crippen molar-refractivity contribution in [2.24, 2.45) is 0 Å². The zero-order valence-corrected chi connectivity index (χ0v) is 52.8. The van der Waals surface area contributed by atoms with Crippen LogP contribution in [0.5, 0.6) is 0 Å². The molecule has 1 unspecified atom stereocenters. The third kappa shape index (κ3) is 65.1. The predicted octanol–water partition coefficient (Wildman–Crippen LogP) is 24.2. The van der Waals surface area contributed by atoms with Gasteiger partial charge in [-0.05, 0) is 19.3 Å². The Hall–Kier alpha value is -1.59. The lowest BCUT2D eigenvalue weighted by Crippen LogP contribution is -2.30. The van der Waals surface area contributed by atoms with Crippen LogP contribution in [-0.2, 0) is 28.6 Å². The molecule has 6 nitrogen and oxygen atoms in total. The molecular formula is C71H138O6. The van der Waals surface area contributed by atoms with Crippen molar-refractivity contribution in [2.45, 2.75) is 425 Å². The van der Waals surface area contributed by atoms with E-state index in [0.717, 1.165) is 57.8 Å². The first-order valence-electron chi connectivity index (χ1n) is 35.5. The molecule has 0 spiro atoms. The van der Waals surface area contributed by atoms with Crippen LogP contribution in [0.25, 0.3) is 0 Å². The molecule has 0 saturated heterocycles. The fraction of sp³-hybridized carbons (Fsp3) is 0.958. The van der Waals surface area contributed by atoms with Crippen molar-refractivity contribution in [1.82, 2.24) is 0 Å². The van der Waals surface area contributed by atoms with E-state index in [2.05, 4.69) is 20.8 Å². The van der Waals surface area contributed by atoms with Gasteiger partial charge in [0.05, 0.1) is 0 Å². The van der Waals surface area contributed by atoms with E-state index in [4.69, 9.17) is 14.2 Å². The highest BCUT2D eigenvalue weighted by atomic mass is 16.6. The molecule has 0 aliphatic carbocycles. The zero-order valence-electron chi connectivity index (χ0n) is 52.8. The number of hydrogen-bond acceptors (Lipinski definition) is 6. The Labute approximate surface area is 482 Å². The van der Waals surface area contributed by atoms with Gasteiger partial charge in [0.15, 0.2) is 6.10 Å². The Kier molecular flexibility index (Phi) is 65.5. The van der Waals surface area contributed by atoms with Gasteiger partial charge in [0.25, 0.3) is 0 Å². The second-order valence-corrected chi connectivity index (χ2v) is 24.5. The minimum atomic E-state index is -0.763. The lowest BCUT2D eigenvalue weighted by Gasteiger charge is -2.18. The molecule has 0 rings (SSSR count). The molecule has 0 aromatic carbocycles. The second-order valence-electron chi connectivity index (χ2n) is 24.5. The van der Waals surface area contributed by atoms with Crippen LogP contribution < -0.4 is 0 Å². The van der Waals surface area contributed by atoms with Crippen molar-refractivity contribution in [1.29, 1.82) is 0 Å². The van der Waals surface area contributed by atoms with E-state index >= 15 is 0 Å². The van der Waals surface area contributed by atoms with Gasteiger partial charge in [-0.15, -0.1) is 0 Å². The summed E-state index contributed by atoms with van der Waals surface area (Å²) >= 11 is 0. The number of hydrogen-bond donors (Lipinski definition) is 0. The molecular weight excluding hydrogens is 949 g/mol. The van der Waals surface area contributed by atoms with Crippen LogP contribution in [0.15, 0.2) is 0 Å². The van der Waals surface area contributed by atoms with Crippen LogP contribution in [0.1, 0.15) is 419 Å². The Morgan fingerprint density at radius 2 is 0.351 bits per heavy atom. The van der Waals surface area contributed by atoms with Gasteiger partial charge < -0.3 is 14.2 Å². The third-order valence-corrected chi connectivity index (χ3v) is 16.6. The monoisotopic (exact) mass is 1090 g/mol. The molecule has 0 aliphatic heterocycles. The van der Waals surface area contributed by atoms with E-state index in [1.165, 1.54) is 321 Å². The van der Waals surface area contributed by atoms with Crippen LogP contribution in [0, 0.1) is 0 Å². The maximum Gasteiger partial charge on any atom is 0.306 e. The van der Waals surface area contributed by atoms with Crippen molar-refractivity contribution in [3.63, 3.8) is 0 Å². The van der Waals surface area contributed by atoms with Gasteiger partial charge in [-0.2, -0.15) is 0 Å². The van der Waals surface area contributed by atoms with Gasteiger partial charge in [0.1, 0.15) is 13.2 Å². The summed E-state index contributed by atoms with van der Waals surface area (Å²) in [7, 11) is 0. The van der Waals surface area contributed by atoms with Crippen molar-refractivity contribution in [3.8, 4) is 0 Å². The summed E-state index contributed by atoms with van der Waals surface area (Å²) < 4.78 is 17.0. The molecule has 0 N–H and O–H groups in total. The molecule has 0 heterocycles. The molecule has 77 heavy (non-hydrogen) atoms. The lowest BCUT2D eigenvalue weighted by atomic mass is 10.0. The highest BCUT2D eigenvalue weighted by Crippen LogP contribution is 2.19. The summed E-state index contributed by atoms with van der Waals surface area (Å²) in [5, 5.41) is 0. The number of rotatable bonds is 67. The van der Waals surface area contributed by atoms with Gasteiger partial charge in [-0.25, -0.2) is 0 Å². The van der Waals surface area contributed by atoms with Crippen molar-refractivity contribution in [2.75, 3.05) is 13.2 Å². The Morgan fingerprint density at radius 1 is 0.208 bits per heavy atom. The fourth-order valence-electron chi connectivity index (χ4n) is 11.3. The molecule has 458 valence electrons. The highest BCUT2D eigenvalue weighted by molar-refractivity contribution is 5.71. The van der Waals surface area contributed by atoms with Crippen LogP contribution in [0.3, 0.4) is 0 Å². The van der Waals surface area contributed by atoms with Crippen LogP contribution >= 0.6 is 0 Å². The Morgan fingerprint density at radius 3 is 0.519 bits per heavy atom. The number of ether oxygens (including phenoxy) is 3. The van der Waals surface area contributed by atoms with Crippen molar-refractivity contribution < 1.29 is 28.6 Å². The smallest absolute Gasteiger partial charge is 0.306 e. The van der Waals surface area contributed by atoms with Crippen LogP contribution in [-0.4, -0.2) is 37.2 Å². The number of esters is 3.